The molecule has 0 aliphatic heterocycles. The first-order chi connectivity index (χ1) is 21.5. The minimum Gasteiger partial charge on any atom is -0.396 e. The summed E-state index contributed by atoms with van der Waals surface area (Å²) >= 11 is 0. The first-order valence-electron chi connectivity index (χ1n) is 11.9. The predicted octanol–water partition coefficient (Wildman–Crippen LogP) is 2.69. The van der Waals surface area contributed by atoms with Crippen molar-refractivity contribution in [2.75, 3.05) is 23.8 Å². The number of nitrogens with zero attached hydrogens (tertiary/aromatic N) is 4. The van der Waals surface area contributed by atoms with Crippen LogP contribution in [0.25, 0.3) is 0 Å². The summed E-state index contributed by atoms with van der Waals surface area (Å²) in [4.78, 5) is -3.19. The minimum absolute atomic E-state index is 0.397. The van der Waals surface area contributed by atoms with E-state index in [1.165, 1.54) is 12.1 Å². The number of nitrogen functional groups attached to an aromatic ring is 2. The third kappa shape index (κ3) is 9.20. The Kier molecular flexibility index (Phi) is 10.7. The highest BCUT2D eigenvalue weighted by atomic mass is 32.3. The second kappa shape index (κ2) is 13.5. The van der Waals surface area contributed by atoms with Gasteiger partial charge in [0.25, 0.3) is 20.2 Å². The van der Waals surface area contributed by atoms with Gasteiger partial charge in [-0.05, 0) is 36.4 Å². The Labute approximate surface area is 267 Å². The smallest absolute Gasteiger partial charge is 0.396 e. The largest absolute Gasteiger partial charge is 0.397 e. The van der Waals surface area contributed by atoms with Gasteiger partial charge in [-0.2, -0.15) is 25.3 Å². The van der Waals surface area contributed by atoms with E-state index < -0.39 is 116 Å². The zero-order valence-corrected chi connectivity index (χ0v) is 27.2. The summed E-state index contributed by atoms with van der Waals surface area (Å²) in [7, 11) is -23.7. The Bertz CT molecular complexity index is 2380. The van der Waals surface area contributed by atoms with E-state index in [1.807, 2.05) is 0 Å². The standard InChI is InChI=1S/C22H22N6O14S5/c1-2-43(29,30)13-7-8-15(18(11-13)45(33,34)35)25-27-16-12-19(46(36,37)38)21(24)22(20(16)23)28-26-14-5-3-4-6-17(14)44(31,32)10-9-42-47(39,40)41/h2-8,11-12H,1,9-10,23-24H2,(H,33,34,35)(H,36,37,38)(H,39,40,41). The Morgan fingerprint density at radius 1 is 0.681 bits per heavy atom. The number of anilines is 2. The van der Waals surface area contributed by atoms with Crippen molar-refractivity contribution in [1.82, 2.24) is 0 Å². The lowest BCUT2D eigenvalue weighted by molar-refractivity contribution is 0.284. The highest BCUT2D eigenvalue weighted by Crippen LogP contribution is 2.43. The van der Waals surface area contributed by atoms with Gasteiger partial charge in [-0.15, -0.1) is 20.5 Å². The first kappa shape index (κ1) is 37.2. The van der Waals surface area contributed by atoms with Crippen LogP contribution in [0.1, 0.15) is 0 Å². The van der Waals surface area contributed by atoms with E-state index >= 15 is 0 Å². The summed E-state index contributed by atoms with van der Waals surface area (Å²) in [6, 6.07) is 7.67. The van der Waals surface area contributed by atoms with Crippen LogP contribution in [0.5, 0.6) is 0 Å². The second-order valence-electron chi connectivity index (χ2n) is 8.80. The molecule has 0 unspecified atom stereocenters. The van der Waals surface area contributed by atoms with Crippen LogP contribution in [0.4, 0.5) is 34.1 Å². The molecule has 0 aliphatic carbocycles. The number of nitrogens with two attached hydrogens (primary N) is 2. The number of azo groups is 2. The van der Waals surface area contributed by atoms with Crippen molar-refractivity contribution in [3.05, 3.63) is 60.5 Å². The van der Waals surface area contributed by atoms with Gasteiger partial charge in [0.1, 0.15) is 32.5 Å². The summed E-state index contributed by atoms with van der Waals surface area (Å²) < 4.78 is 151. The molecule has 0 atom stereocenters. The van der Waals surface area contributed by atoms with Crippen LogP contribution in [0.15, 0.2) is 101 Å². The number of hydrogen-bond acceptors (Lipinski definition) is 17. The molecule has 3 rings (SSSR count). The molecule has 0 radical (unpaired) electrons. The summed E-state index contributed by atoms with van der Waals surface area (Å²) in [5.74, 6) is -0.946. The molecule has 0 heterocycles. The van der Waals surface area contributed by atoms with Gasteiger partial charge in [-0.1, -0.05) is 18.7 Å². The van der Waals surface area contributed by atoms with Gasteiger partial charge in [0.15, 0.2) is 19.7 Å². The van der Waals surface area contributed by atoms with E-state index in [-0.39, 0.29) is 0 Å². The molecule has 47 heavy (non-hydrogen) atoms. The van der Waals surface area contributed by atoms with Crippen molar-refractivity contribution in [3.63, 3.8) is 0 Å². The van der Waals surface area contributed by atoms with Crippen LogP contribution in [0, 0.1) is 0 Å². The van der Waals surface area contributed by atoms with Crippen molar-refractivity contribution in [2.45, 2.75) is 19.6 Å². The molecule has 3 aromatic carbocycles. The number of rotatable bonds is 13. The van der Waals surface area contributed by atoms with Gasteiger partial charge in [0.2, 0.25) is 0 Å². The molecule has 20 nitrogen and oxygen atoms in total. The van der Waals surface area contributed by atoms with Crippen molar-refractivity contribution >= 4 is 84.4 Å². The average molecular weight is 755 g/mol. The maximum absolute atomic E-state index is 12.8. The molecule has 25 heteroatoms. The lowest BCUT2D eigenvalue weighted by atomic mass is 10.2. The lowest BCUT2D eigenvalue weighted by Crippen LogP contribution is -2.15. The monoisotopic (exact) mass is 754 g/mol. The summed E-state index contributed by atoms with van der Waals surface area (Å²) in [5, 5.41) is 15.2. The molecule has 0 aromatic heterocycles. The Morgan fingerprint density at radius 3 is 1.81 bits per heavy atom. The zero-order valence-electron chi connectivity index (χ0n) is 23.1. The maximum Gasteiger partial charge on any atom is 0.397 e. The molecule has 0 amide bonds. The number of sulfone groups is 2. The van der Waals surface area contributed by atoms with Gasteiger partial charge in [-0.3, -0.25) is 13.7 Å². The number of hydrogen-bond donors (Lipinski definition) is 5. The van der Waals surface area contributed by atoms with E-state index in [1.54, 1.807) is 0 Å². The highest BCUT2D eigenvalue weighted by Gasteiger charge is 2.25. The first-order valence-corrected chi connectivity index (χ1v) is 19.4. The molecule has 0 bridgehead atoms. The molecule has 0 saturated heterocycles. The minimum atomic E-state index is -5.15. The fourth-order valence-corrected chi connectivity index (χ4v) is 7.22. The average Bonchev–Trinajstić information content (AvgIpc) is 2.94. The van der Waals surface area contributed by atoms with Gasteiger partial charge in [0.05, 0.1) is 33.5 Å². The Morgan fingerprint density at radius 2 is 1.23 bits per heavy atom. The summed E-state index contributed by atoms with van der Waals surface area (Å²) in [6.45, 7) is 2.14. The topological polar surface area (TPSA) is 342 Å². The molecule has 0 saturated carbocycles. The quantitative estimate of drug-likeness (QED) is 0.0951. The van der Waals surface area contributed by atoms with Crippen LogP contribution in [0.3, 0.4) is 0 Å². The van der Waals surface area contributed by atoms with Gasteiger partial charge < -0.3 is 11.5 Å². The van der Waals surface area contributed by atoms with Gasteiger partial charge in [-0.25, -0.2) is 21.0 Å². The predicted molar refractivity (Wildman–Crippen MR) is 163 cm³/mol. The third-order valence-electron chi connectivity index (χ3n) is 5.66. The summed E-state index contributed by atoms with van der Waals surface area (Å²) in [5.41, 5.74) is 8.13. The van der Waals surface area contributed by atoms with Crippen LogP contribution in [-0.4, -0.2) is 68.1 Å². The normalized spacial score (nSPS) is 13.3. The van der Waals surface area contributed by atoms with Crippen molar-refractivity contribution in [1.29, 1.82) is 0 Å². The van der Waals surface area contributed by atoms with E-state index in [2.05, 4.69) is 31.2 Å². The van der Waals surface area contributed by atoms with E-state index in [0.29, 0.717) is 17.5 Å². The SMILES string of the molecule is C=CS(=O)(=O)c1ccc(N=Nc2cc(S(=O)(=O)O)c(N)c(N=Nc3ccccc3S(=O)(=O)CCOS(=O)(=O)O)c2N)c(S(=O)(=O)O)c1. The van der Waals surface area contributed by atoms with Crippen LogP contribution >= 0.6 is 0 Å². The molecule has 254 valence electrons. The molecule has 3 aromatic rings. The third-order valence-corrected chi connectivity index (χ3v) is 11.0. The maximum atomic E-state index is 12.8. The fourth-order valence-electron chi connectivity index (χ4n) is 3.50. The van der Waals surface area contributed by atoms with Crippen LogP contribution in [-0.2, 0) is 54.5 Å². The summed E-state index contributed by atoms with van der Waals surface area (Å²) in [6.07, 6.45) is 0. The van der Waals surface area contributed by atoms with E-state index in [0.717, 1.165) is 24.3 Å². The zero-order chi connectivity index (χ0) is 35.6. The van der Waals surface area contributed by atoms with Crippen molar-refractivity contribution in [3.8, 4) is 0 Å². The Balaban J connectivity index is 2.18. The van der Waals surface area contributed by atoms with Crippen LogP contribution < -0.4 is 11.5 Å². The molecule has 0 fully saturated rings. The molecular formula is C22H22N6O14S5. The highest BCUT2D eigenvalue weighted by molar-refractivity contribution is 7.94. The van der Waals surface area contributed by atoms with Gasteiger partial charge in [0, 0.05) is 5.41 Å². The molecular weight excluding hydrogens is 733 g/mol. The fraction of sp³-hybridized carbons (Fsp3) is 0.0909. The van der Waals surface area contributed by atoms with Gasteiger partial charge >= 0.3 is 10.4 Å². The van der Waals surface area contributed by atoms with Crippen LogP contribution in [0.2, 0.25) is 0 Å². The Hall–Kier alpha value is -4.21. The van der Waals surface area contributed by atoms with Crippen molar-refractivity contribution in [2.24, 2.45) is 20.5 Å². The number of benzene rings is 3. The molecule has 0 spiro atoms. The van der Waals surface area contributed by atoms with E-state index in [9.17, 15) is 51.2 Å². The lowest BCUT2D eigenvalue weighted by Gasteiger charge is -2.11. The van der Waals surface area contributed by atoms with Crippen molar-refractivity contribution < 1.29 is 59.9 Å². The second-order valence-corrected chi connectivity index (χ2v) is 16.6. The molecule has 0 aliphatic rings. The van der Waals surface area contributed by atoms with E-state index in [4.69, 9.17) is 16.0 Å². The molecule has 7 N–H and O–H groups in total.